The molecule has 1 amide bonds. The van der Waals surface area contributed by atoms with Gasteiger partial charge in [0.05, 0.1) is 18.8 Å². The van der Waals surface area contributed by atoms with Gasteiger partial charge in [-0.2, -0.15) is 0 Å². The highest BCUT2D eigenvalue weighted by molar-refractivity contribution is 6.24. The number of hydrogen-bond acceptors (Lipinski definition) is 7. The number of ketones is 2. The molecule has 8 nitrogen and oxygen atoms in total. The van der Waals surface area contributed by atoms with Crippen molar-refractivity contribution >= 4 is 17.7 Å². The zero-order chi connectivity index (χ0) is 17.3. The molecule has 2 N–H and O–H groups in total. The van der Waals surface area contributed by atoms with Crippen LogP contribution in [-0.2, 0) is 19.1 Å². The van der Waals surface area contributed by atoms with E-state index in [4.69, 9.17) is 15.2 Å². The number of fused-ring (bicyclic) bond motifs is 4. The Morgan fingerprint density at radius 2 is 2.00 bits per heavy atom. The maximum atomic E-state index is 12.9. The predicted molar refractivity (Wildman–Crippen MR) is 81.6 cm³/mol. The van der Waals surface area contributed by atoms with Crippen molar-refractivity contribution in [3.05, 3.63) is 22.6 Å². The summed E-state index contributed by atoms with van der Waals surface area (Å²) in [5.74, 6) is -0.777. The first kappa shape index (κ1) is 15.2. The van der Waals surface area contributed by atoms with Gasteiger partial charge in [0.15, 0.2) is 5.76 Å². The van der Waals surface area contributed by atoms with Gasteiger partial charge in [-0.3, -0.25) is 14.5 Å². The molecule has 3 aliphatic heterocycles. The van der Waals surface area contributed by atoms with Crippen molar-refractivity contribution in [2.45, 2.75) is 25.0 Å². The van der Waals surface area contributed by atoms with E-state index in [1.165, 1.54) is 7.11 Å². The summed E-state index contributed by atoms with van der Waals surface area (Å²) >= 11 is 0. The first-order valence-corrected chi connectivity index (χ1v) is 7.87. The number of allylic oxidation sites excluding steroid dienone is 2. The standard InChI is InChI=1S/C16H19N3O5/c1-6-13(20)12-9(14(21)15(6)23-3)7(5-24-16(17)22)10-11-8(18(11)2)4-19(10)12/h7-8,10-11H,4-5H2,1-3H3,(H2,17,22). The average molecular weight is 333 g/mol. The van der Waals surface area contributed by atoms with E-state index in [-0.39, 0.29) is 41.9 Å². The fourth-order valence-electron chi connectivity index (χ4n) is 4.54. The summed E-state index contributed by atoms with van der Waals surface area (Å²) in [4.78, 5) is 41.0. The van der Waals surface area contributed by atoms with Gasteiger partial charge in [0.25, 0.3) is 0 Å². The molecule has 0 spiro atoms. The van der Waals surface area contributed by atoms with Crippen molar-refractivity contribution in [2.24, 2.45) is 11.7 Å². The molecule has 2 fully saturated rings. The smallest absolute Gasteiger partial charge is 0.404 e. The number of ether oxygens (including phenoxy) is 2. The molecule has 0 aromatic rings. The maximum absolute atomic E-state index is 12.9. The SMILES string of the molecule is COC1=C(C)C(=O)C2=C(C1=O)C(COC(N)=O)C1C3C(CN21)N3C. The van der Waals surface area contributed by atoms with Crippen molar-refractivity contribution in [1.29, 1.82) is 0 Å². The minimum atomic E-state index is -0.887. The monoisotopic (exact) mass is 333 g/mol. The van der Waals surface area contributed by atoms with E-state index < -0.39 is 6.09 Å². The Bertz CT molecular complexity index is 740. The zero-order valence-corrected chi connectivity index (χ0v) is 13.7. The molecule has 4 rings (SSSR count). The lowest BCUT2D eigenvalue weighted by Crippen LogP contribution is -2.40. The van der Waals surface area contributed by atoms with Crippen LogP contribution in [0.5, 0.6) is 0 Å². The van der Waals surface area contributed by atoms with Crippen molar-refractivity contribution in [3.8, 4) is 0 Å². The quantitative estimate of drug-likeness (QED) is 0.544. The van der Waals surface area contributed by atoms with Crippen LogP contribution in [0.25, 0.3) is 0 Å². The molecule has 5 atom stereocenters. The number of nitrogens with zero attached hydrogens (tertiary/aromatic N) is 2. The average Bonchev–Trinajstić information content (AvgIpc) is 2.89. The summed E-state index contributed by atoms with van der Waals surface area (Å²) in [6.45, 7) is 2.29. The molecule has 0 aromatic heterocycles. The van der Waals surface area contributed by atoms with Gasteiger partial charge in [0, 0.05) is 35.7 Å². The van der Waals surface area contributed by atoms with Gasteiger partial charge in [-0.1, -0.05) is 0 Å². The fourth-order valence-corrected chi connectivity index (χ4v) is 4.54. The Kier molecular flexibility index (Phi) is 3.05. The van der Waals surface area contributed by atoms with E-state index in [9.17, 15) is 14.4 Å². The highest BCUT2D eigenvalue weighted by Gasteiger charge is 2.65. The van der Waals surface area contributed by atoms with E-state index >= 15 is 0 Å². The maximum Gasteiger partial charge on any atom is 0.404 e. The van der Waals surface area contributed by atoms with Crippen molar-refractivity contribution in [1.82, 2.24) is 9.80 Å². The highest BCUT2D eigenvalue weighted by atomic mass is 16.5. The predicted octanol–water partition coefficient (Wildman–Crippen LogP) is -0.595. The van der Waals surface area contributed by atoms with Crippen molar-refractivity contribution < 1.29 is 23.9 Å². The minimum absolute atomic E-state index is 0.0124. The van der Waals surface area contributed by atoms with Gasteiger partial charge >= 0.3 is 6.09 Å². The molecule has 24 heavy (non-hydrogen) atoms. The molecule has 4 aliphatic rings. The number of nitrogens with two attached hydrogens (primary N) is 1. The fraction of sp³-hybridized carbons (Fsp3) is 0.562. The van der Waals surface area contributed by atoms with Crippen LogP contribution in [0.15, 0.2) is 22.6 Å². The Morgan fingerprint density at radius 3 is 2.62 bits per heavy atom. The van der Waals surface area contributed by atoms with Crippen LogP contribution in [0.3, 0.4) is 0 Å². The lowest BCUT2D eigenvalue weighted by Gasteiger charge is -2.28. The number of methoxy groups -OCH3 is 1. The summed E-state index contributed by atoms with van der Waals surface area (Å²) < 4.78 is 10.2. The Labute approximate surface area is 138 Å². The molecular weight excluding hydrogens is 314 g/mol. The lowest BCUT2D eigenvalue weighted by molar-refractivity contribution is -0.119. The van der Waals surface area contributed by atoms with Crippen LogP contribution < -0.4 is 5.73 Å². The second kappa shape index (κ2) is 4.83. The van der Waals surface area contributed by atoms with Crippen LogP contribution in [0.4, 0.5) is 4.79 Å². The van der Waals surface area contributed by atoms with Crippen LogP contribution >= 0.6 is 0 Å². The van der Waals surface area contributed by atoms with E-state index in [1.54, 1.807) is 6.92 Å². The second-order valence-corrected chi connectivity index (χ2v) is 6.68. The summed E-state index contributed by atoms with van der Waals surface area (Å²) in [6.07, 6.45) is -0.887. The van der Waals surface area contributed by atoms with Gasteiger partial charge < -0.3 is 20.1 Å². The van der Waals surface area contributed by atoms with Gasteiger partial charge in [0.2, 0.25) is 11.6 Å². The molecule has 0 saturated carbocycles. The normalized spacial score (nSPS) is 36.6. The van der Waals surface area contributed by atoms with Crippen molar-refractivity contribution in [3.63, 3.8) is 0 Å². The molecular formula is C16H19N3O5. The van der Waals surface area contributed by atoms with E-state index in [0.29, 0.717) is 29.4 Å². The van der Waals surface area contributed by atoms with Crippen LogP contribution in [0, 0.1) is 5.92 Å². The Balaban J connectivity index is 1.76. The van der Waals surface area contributed by atoms with Gasteiger partial charge in [0.1, 0.15) is 6.61 Å². The van der Waals surface area contributed by atoms with E-state index in [2.05, 4.69) is 4.90 Å². The van der Waals surface area contributed by atoms with Gasteiger partial charge in [-0.05, 0) is 14.0 Å². The van der Waals surface area contributed by atoms with Crippen LogP contribution in [-0.4, -0.2) is 72.9 Å². The zero-order valence-electron chi connectivity index (χ0n) is 13.7. The largest absolute Gasteiger partial charge is 0.492 e. The molecule has 3 heterocycles. The molecule has 0 aromatic carbocycles. The molecule has 5 unspecified atom stereocenters. The molecule has 0 bridgehead atoms. The highest BCUT2D eigenvalue weighted by Crippen LogP contribution is 2.52. The van der Waals surface area contributed by atoms with Crippen LogP contribution in [0.1, 0.15) is 6.92 Å². The Morgan fingerprint density at radius 1 is 1.29 bits per heavy atom. The molecule has 2 saturated heterocycles. The third kappa shape index (κ3) is 1.74. The summed E-state index contributed by atoms with van der Waals surface area (Å²) in [5.41, 5.74) is 6.26. The summed E-state index contributed by atoms with van der Waals surface area (Å²) in [5, 5.41) is 0. The summed E-state index contributed by atoms with van der Waals surface area (Å²) in [7, 11) is 3.40. The molecule has 1 aliphatic carbocycles. The third-order valence-electron chi connectivity index (χ3n) is 5.67. The van der Waals surface area contributed by atoms with E-state index in [1.807, 2.05) is 11.9 Å². The number of amides is 1. The lowest BCUT2D eigenvalue weighted by atomic mass is 9.85. The topological polar surface area (TPSA) is 102 Å². The molecule has 128 valence electrons. The number of carbonyl (C=O) groups is 3. The Hall–Kier alpha value is -2.35. The van der Waals surface area contributed by atoms with Crippen LogP contribution in [0.2, 0.25) is 0 Å². The van der Waals surface area contributed by atoms with E-state index in [0.717, 1.165) is 0 Å². The van der Waals surface area contributed by atoms with Crippen molar-refractivity contribution in [2.75, 3.05) is 27.3 Å². The molecule has 0 radical (unpaired) electrons. The first-order valence-electron chi connectivity index (χ1n) is 7.87. The summed E-state index contributed by atoms with van der Waals surface area (Å²) in [6, 6.07) is 0.571. The van der Waals surface area contributed by atoms with Gasteiger partial charge in [-0.25, -0.2) is 4.79 Å². The number of Topliss-reactive ketones (excluding diaryl/α,β-unsaturated/α-hetero) is 2. The minimum Gasteiger partial charge on any atom is -0.492 e. The number of carbonyl (C=O) groups excluding carboxylic acids is 3. The number of likely N-dealkylation sites (N-methyl/N-ethyl adjacent to an activating group) is 1. The number of hydrogen-bond donors (Lipinski definition) is 1. The van der Waals surface area contributed by atoms with Gasteiger partial charge in [-0.15, -0.1) is 0 Å². The number of rotatable bonds is 3. The number of primary amides is 1. The third-order valence-corrected chi connectivity index (χ3v) is 5.67. The first-order chi connectivity index (χ1) is 11.4. The number of piperazine rings is 1. The molecule has 8 heteroatoms. The second-order valence-electron chi connectivity index (χ2n) is 6.68.